The van der Waals surface area contributed by atoms with E-state index in [-0.39, 0.29) is 23.8 Å². The minimum Gasteiger partial charge on any atom is -0.340 e. The minimum atomic E-state index is -0.242. The van der Waals surface area contributed by atoms with Crippen molar-refractivity contribution in [2.75, 3.05) is 0 Å². The van der Waals surface area contributed by atoms with Gasteiger partial charge in [0.25, 0.3) is 11.7 Å². The van der Waals surface area contributed by atoms with Crippen LogP contribution in [0.2, 0.25) is 0 Å². The van der Waals surface area contributed by atoms with Gasteiger partial charge in [0.15, 0.2) is 0 Å². The zero-order valence-electron chi connectivity index (χ0n) is 15.1. The molecule has 1 atom stereocenters. The van der Waals surface area contributed by atoms with Crippen molar-refractivity contribution >= 4 is 11.7 Å². The van der Waals surface area contributed by atoms with Crippen molar-refractivity contribution < 1.29 is 4.79 Å². The fraction of sp³-hybridized carbons (Fsp3) is 0.471. The van der Waals surface area contributed by atoms with E-state index in [0.29, 0.717) is 11.5 Å². The van der Waals surface area contributed by atoms with Crippen LogP contribution >= 0.6 is 0 Å². The van der Waals surface area contributed by atoms with Crippen molar-refractivity contribution in [3.05, 3.63) is 42.0 Å². The lowest BCUT2D eigenvalue weighted by atomic mass is 10.0. The lowest BCUT2D eigenvalue weighted by molar-refractivity contribution is 0.0917. The smallest absolute Gasteiger partial charge is 0.270 e. The van der Waals surface area contributed by atoms with Gasteiger partial charge in [-0.15, -0.1) is 0 Å². The van der Waals surface area contributed by atoms with Crippen LogP contribution in [-0.2, 0) is 7.05 Å². The molecule has 25 heavy (non-hydrogen) atoms. The highest BCUT2D eigenvalue weighted by molar-refractivity contribution is 5.93. The number of nitrogens with zero attached hydrogens (tertiary/aromatic N) is 6. The quantitative estimate of drug-likeness (QED) is 0.767. The zero-order chi connectivity index (χ0) is 18.1. The molecule has 0 aliphatic carbocycles. The molecule has 1 amide bonds. The summed E-state index contributed by atoms with van der Waals surface area (Å²) in [6.07, 6.45) is 5.04. The third-order valence-electron chi connectivity index (χ3n) is 4.19. The summed E-state index contributed by atoms with van der Waals surface area (Å²) in [6.45, 7) is 8.19. The number of hydrogen-bond acceptors (Lipinski definition) is 5. The second kappa shape index (κ2) is 6.62. The molecule has 8 heteroatoms. The molecule has 0 bridgehead atoms. The van der Waals surface area contributed by atoms with E-state index >= 15 is 0 Å². The summed E-state index contributed by atoms with van der Waals surface area (Å²) in [6, 6.07) is 1.57. The number of carbonyl (C=O) groups is 1. The fourth-order valence-corrected chi connectivity index (χ4v) is 2.78. The van der Waals surface area contributed by atoms with Gasteiger partial charge in [0.05, 0.1) is 11.7 Å². The van der Waals surface area contributed by atoms with Crippen molar-refractivity contribution in [3.63, 3.8) is 0 Å². The number of aryl methyl sites for hydroxylation is 1. The predicted molar refractivity (Wildman–Crippen MR) is 93.1 cm³/mol. The first kappa shape index (κ1) is 17.1. The molecule has 0 saturated carbocycles. The molecule has 3 rings (SSSR count). The van der Waals surface area contributed by atoms with Gasteiger partial charge in [0.2, 0.25) is 0 Å². The van der Waals surface area contributed by atoms with E-state index in [4.69, 9.17) is 0 Å². The van der Waals surface area contributed by atoms with Crippen molar-refractivity contribution in [3.8, 4) is 0 Å². The van der Waals surface area contributed by atoms with Crippen LogP contribution in [0.5, 0.6) is 0 Å². The summed E-state index contributed by atoms with van der Waals surface area (Å²) < 4.78 is 3.58. The number of rotatable bonds is 5. The Kier molecular flexibility index (Phi) is 4.52. The van der Waals surface area contributed by atoms with E-state index in [1.165, 1.54) is 6.33 Å². The fourth-order valence-electron chi connectivity index (χ4n) is 2.78. The zero-order valence-corrected chi connectivity index (χ0v) is 15.1. The summed E-state index contributed by atoms with van der Waals surface area (Å²) in [5.41, 5.74) is 1.23. The maximum atomic E-state index is 12.8. The van der Waals surface area contributed by atoms with Crippen LogP contribution in [-0.4, -0.2) is 35.0 Å². The van der Waals surface area contributed by atoms with Crippen LogP contribution < -0.4 is 5.32 Å². The molecule has 1 N–H and O–H groups in total. The highest BCUT2D eigenvalue weighted by Crippen LogP contribution is 2.21. The minimum absolute atomic E-state index is 0.187. The monoisotopic (exact) mass is 341 g/mol. The standard InChI is InChI=1S/C17H23N7O/c1-10(2)13-8-12(21-17-19-9-20-24(13)17)16(25)22-14(11(3)4)15-18-6-7-23(15)5/h6-11,14H,1-5H3,(H,22,25)/t14-/m0/s1. The molecule has 3 heterocycles. The van der Waals surface area contributed by atoms with E-state index < -0.39 is 0 Å². The van der Waals surface area contributed by atoms with Gasteiger partial charge < -0.3 is 9.88 Å². The molecule has 0 aromatic carbocycles. The lowest BCUT2D eigenvalue weighted by Crippen LogP contribution is -2.34. The van der Waals surface area contributed by atoms with Gasteiger partial charge in [-0.1, -0.05) is 27.7 Å². The highest BCUT2D eigenvalue weighted by Gasteiger charge is 2.24. The van der Waals surface area contributed by atoms with Gasteiger partial charge in [0.1, 0.15) is 17.8 Å². The summed E-state index contributed by atoms with van der Waals surface area (Å²) in [4.78, 5) is 25.7. The second-order valence-corrected chi connectivity index (χ2v) is 6.78. The number of nitrogens with one attached hydrogen (secondary N) is 1. The summed E-state index contributed by atoms with van der Waals surface area (Å²) >= 11 is 0. The third kappa shape index (κ3) is 3.24. The van der Waals surface area contributed by atoms with Crippen LogP contribution in [0.4, 0.5) is 0 Å². The predicted octanol–water partition coefficient (Wildman–Crippen LogP) is 2.11. The Bertz CT molecular complexity index is 893. The molecule has 8 nitrogen and oxygen atoms in total. The molecule has 0 saturated heterocycles. The molecular formula is C17H23N7O. The van der Waals surface area contributed by atoms with E-state index in [1.54, 1.807) is 16.8 Å². The van der Waals surface area contributed by atoms with Crippen molar-refractivity contribution in [2.45, 2.75) is 39.7 Å². The molecule has 3 aromatic rings. The van der Waals surface area contributed by atoms with Crippen molar-refractivity contribution in [2.24, 2.45) is 13.0 Å². The normalized spacial score (nSPS) is 12.9. The van der Waals surface area contributed by atoms with Gasteiger partial charge in [-0.3, -0.25) is 4.79 Å². The first-order chi connectivity index (χ1) is 11.9. The Morgan fingerprint density at radius 3 is 2.56 bits per heavy atom. The van der Waals surface area contributed by atoms with E-state index in [2.05, 4.69) is 25.4 Å². The summed E-state index contributed by atoms with van der Waals surface area (Å²) in [5, 5.41) is 7.24. The van der Waals surface area contributed by atoms with Gasteiger partial charge in [0, 0.05) is 19.4 Å². The summed E-state index contributed by atoms with van der Waals surface area (Å²) in [7, 11) is 1.92. The van der Waals surface area contributed by atoms with E-state index in [1.807, 2.05) is 45.5 Å². The molecule has 132 valence electrons. The number of imidazole rings is 1. The molecular weight excluding hydrogens is 318 g/mol. The van der Waals surface area contributed by atoms with Crippen molar-refractivity contribution in [1.29, 1.82) is 0 Å². The Morgan fingerprint density at radius 2 is 1.96 bits per heavy atom. The number of aromatic nitrogens is 6. The lowest BCUT2D eigenvalue weighted by Gasteiger charge is -2.22. The maximum absolute atomic E-state index is 12.8. The number of carbonyl (C=O) groups excluding carboxylic acids is 1. The topological polar surface area (TPSA) is 90.0 Å². The van der Waals surface area contributed by atoms with Crippen LogP contribution in [0.15, 0.2) is 24.8 Å². The van der Waals surface area contributed by atoms with Crippen molar-refractivity contribution in [1.82, 2.24) is 34.4 Å². The molecule has 0 fully saturated rings. The van der Waals surface area contributed by atoms with Crippen LogP contribution in [0.3, 0.4) is 0 Å². The van der Waals surface area contributed by atoms with E-state index in [9.17, 15) is 4.79 Å². The Hall–Kier alpha value is -2.77. The number of fused-ring (bicyclic) bond motifs is 1. The molecule has 0 aliphatic rings. The Morgan fingerprint density at radius 1 is 1.20 bits per heavy atom. The first-order valence-electron chi connectivity index (χ1n) is 8.37. The molecule has 0 spiro atoms. The summed E-state index contributed by atoms with van der Waals surface area (Å²) in [5.74, 6) is 1.38. The Balaban J connectivity index is 1.95. The van der Waals surface area contributed by atoms with E-state index in [0.717, 1.165) is 11.5 Å². The van der Waals surface area contributed by atoms with Gasteiger partial charge in [-0.05, 0) is 17.9 Å². The van der Waals surface area contributed by atoms with Crippen LogP contribution in [0.1, 0.15) is 61.7 Å². The average Bonchev–Trinajstić information content (AvgIpc) is 3.19. The first-order valence-corrected chi connectivity index (χ1v) is 8.37. The average molecular weight is 341 g/mol. The molecule has 0 radical (unpaired) electrons. The Labute approximate surface area is 146 Å². The maximum Gasteiger partial charge on any atom is 0.270 e. The largest absolute Gasteiger partial charge is 0.340 e. The van der Waals surface area contributed by atoms with Gasteiger partial charge in [-0.2, -0.15) is 10.1 Å². The van der Waals surface area contributed by atoms with Gasteiger partial charge >= 0.3 is 0 Å². The molecule has 0 unspecified atom stereocenters. The van der Waals surface area contributed by atoms with Crippen LogP contribution in [0.25, 0.3) is 5.78 Å². The van der Waals surface area contributed by atoms with Crippen LogP contribution in [0, 0.1) is 5.92 Å². The SMILES string of the molecule is CC(C)c1cc(C(=O)N[C@H](c2nccn2C)C(C)C)nc2ncnn12. The third-order valence-corrected chi connectivity index (χ3v) is 4.19. The van der Waals surface area contributed by atoms with Gasteiger partial charge in [-0.25, -0.2) is 14.5 Å². The number of amides is 1. The second-order valence-electron chi connectivity index (χ2n) is 6.78. The number of hydrogen-bond donors (Lipinski definition) is 1. The highest BCUT2D eigenvalue weighted by atomic mass is 16.2. The molecule has 3 aromatic heterocycles. The molecule has 0 aliphatic heterocycles.